The Morgan fingerprint density at radius 3 is 3.27 bits per heavy atom. The number of amides is 1. The summed E-state index contributed by atoms with van der Waals surface area (Å²) < 4.78 is 1.87. The molecule has 2 heterocycles. The van der Waals surface area contributed by atoms with E-state index in [1.54, 1.807) is 18.6 Å². The van der Waals surface area contributed by atoms with Crippen LogP contribution in [-0.4, -0.2) is 21.8 Å². The summed E-state index contributed by atoms with van der Waals surface area (Å²) in [5, 5.41) is 2.84. The summed E-state index contributed by atoms with van der Waals surface area (Å²) >= 11 is 0. The fourth-order valence-electron chi connectivity index (χ4n) is 1.40. The molecule has 1 N–H and O–H groups in total. The summed E-state index contributed by atoms with van der Waals surface area (Å²) in [5.41, 5.74) is 1.61. The smallest absolute Gasteiger partial charge is 0.251 e. The summed E-state index contributed by atoms with van der Waals surface area (Å²) in [6.45, 7) is 2.74. The third-order valence-corrected chi connectivity index (χ3v) is 2.21. The van der Waals surface area contributed by atoms with Gasteiger partial charge in [0.2, 0.25) is 0 Å². The Labute approximate surface area is 87.9 Å². The van der Waals surface area contributed by atoms with Gasteiger partial charge in [-0.15, -0.1) is 0 Å². The number of pyridine rings is 1. The molecule has 0 fully saturated rings. The monoisotopic (exact) mass is 203 g/mol. The summed E-state index contributed by atoms with van der Waals surface area (Å²) in [5.74, 6) is -0.0273. The molecule has 0 radical (unpaired) electrons. The number of fused-ring (bicyclic) bond motifs is 1. The van der Waals surface area contributed by atoms with Crippen molar-refractivity contribution in [1.29, 1.82) is 0 Å². The molecule has 0 aliphatic rings. The minimum absolute atomic E-state index is 0.0273. The molecule has 4 nitrogen and oxygen atoms in total. The van der Waals surface area contributed by atoms with E-state index in [0.29, 0.717) is 12.1 Å². The first-order valence-corrected chi connectivity index (χ1v) is 5.01. The maximum atomic E-state index is 11.6. The molecule has 0 unspecified atom stereocenters. The van der Waals surface area contributed by atoms with Crippen LogP contribution < -0.4 is 5.32 Å². The first-order valence-electron chi connectivity index (χ1n) is 5.01. The zero-order valence-corrected chi connectivity index (χ0v) is 8.60. The number of hydrogen-bond acceptors (Lipinski definition) is 2. The topological polar surface area (TPSA) is 46.4 Å². The van der Waals surface area contributed by atoms with Crippen LogP contribution in [0, 0.1) is 0 Å². The maximum Gasteiger partial charge on any atom is 0.251 e. The molecule has 0 saturated carbocycles. The molecule has 1 amide bonds. The average molecular weight is 203 g/mol. The number of carbonyl (C=O) groups is 1. The van der Waals surface area contributed by atoms with Crippen LogP contribution in [0.2, 0.25) is 0 Å². The van der Waals surface area contributed by atoms with Gasteiger partial charge in [0, 0.05) is 18.3 Å². The number of nitrogens with one attached hydrogen (secondary N) is 1. The molecule has 78 valence electrons. The molecular weight excluding hydrogens is 190 g/mol. The molecule has 15 heavy (non-hydrogen) atoms. The number of hydrogen-bond donors (Lipinski definition) is 1. The zero-order valence-electron chi connectivity index (χ0n) is 8.60. The first kappa shape index (κ1) is 9.71. The van der Waals surface area contributed by atoms with Gasteiger partial charge in [-0.3, -0.25) is 4.79 Å². The van der Waals surface area contributed by atoms with E-state index in [1.807, 2.05) is 23.6 Å². The molecule has 0 aliphatic carbocycles. The third kappa shape index (κ3) is 1.98. The highest BCUT2D eigenvalue weighted by molar-refractivity contribution is 5.95. The van der Waals surface area contributed by atoms with E-state index >= 15 is 0 Å². The second-order valence-corrected chi connectivity index (χ2v) is 3.40. The average Bonchev–Trinajstić information content (AvgIpc) is 2.72. The van der Waals surface area contributed by atoms with Crippen LogP contribution in [0.25, 0.3) is 5.52 Å². The molecule has 2 rings (SSSR count). The van der Waals surface area contributed by atoms with Crippen molar-refractivity contribution in [3.8, 4) is 0 Å². The van der Waals surface area contributed by atoms with Gasteiger partial charge < -0.3 is 9.72 Å². The molecular formula is C11H13N3O. The minimum Gasteiger partial charge on any atom is -0.352 e. The number of imidazole rings is 1. The second kappa shape index (κ2) is 4.13. The quantitative estimate of drug-likeness (QED) is 0.821. The van der Waals surface area contributed by atoms with Gasteiger partial charge in [-0.2, -0.15) is 0 Å². The predicted molar refractivity (Wildman–Crippen MR) is 57.8 cm³/mol. The lowest BCUT2D eigenvalue weighted by atomic mass is 10.2. The number of nitrogens with zero attached hydrogens (tertiary/aromatic N) is 2. The van der Waals surface area contributed by atoms with Crippen LogP contribution in [0.15, 0.2) is 30.9 Å². The van der Waals surface area contributed by atoms with Gasteiger partial charge >= 0.3 is 0 Å². The molecule has 0 aromatic carbocycles. The summed E-state index contributed by atoms with van der Waals surface area (Å²) in [7, 11) is 0. The Bertz CT molecular complexity index is 475. The molecule has 0 saturated heterocycles. The Morgan fingerprint density at radius 1 is 1.60 bits per heavy atom. The van der Waals surface area contributed by atoms with Crippen molar-refractivity contribution < 1.29 is 4.79 Å². The van der Waals surface area contributed by atoms with Gasteiger partial charge in [0.05, 0.1) is 18.0 Å². The largest absolute Gasteiger partial charge is 0.352 e. The molecule has 0 atom stereocenters. The molecule has 2 aromatic heterocycles. The van der Waals surface area contributed by atoms with Gasteiger partial charge in [-0.05, 0) is 18.6 Å². The van der Waals surface area contributed by atoms with Crippen molar-refractivity contribution in [2.24, 2.45) is 0 Å². The molecule has 4 heteroatoms. The van der Waals surface area contributed by atoms with Gasteiger partial charge in [-0.25, -0.2) is 4.98 Å². The SMILES string of the molecule is CCCNC(=O)c1ccn2cncc2c1. The molecule has 0 spiro atoms. The van der Waals surface area contributed by atoms with E-state index in [1.165, 1.54) is 0 Å². The fraction of sp³-hybridized carbons (Fsp3) is 0.273. The van der Waals surface area contributed by atoms with Crippen LogP contribution in [0.4, 0.5) is 0 Å². The molecule has 0 bridgehead atoms. The maximum absolute atomic E-state index is 11.6. The van der Waals surface area contributed by atoms with Crippen molar-refractivity contribution >= 4 is 11.4 Å². The lowest BCUT2D eigenvalue weighted by Gasteiger charge is -2.03. The van der Waals surface area contributed by atoms with Gasteiger partial charge in [0.1, 0.15) is 0 Å². The van der Waals surface area contributed by atoms with E-state index in [4.69, 9.17) is 0 Å². The Balaban J connectivity index is 2.23. The van der Waals surface area contributed by atoms with Crippen molar-refractivity contribution in [1.82, 2.24) is 14.7 Å². The van der Waals surface area contributed by atoms with Gasteiger partial charge in [0.25, 0.3) is 5.91 Å². The summed E-state index contributed by atoms with van der Waals surface area (Å²) in [4.78, 5) is 15.6. The zero-order chi connectivity index (χ0) is 10.7. The normalized spacial score (nSPS) is 10.5. The fourth-order valence-corrected chi connectivity index (χ4v) is 1.40. The van der Waals surface area contributed by atoms with Crippen LogP contribution in [0.1, 0.15) is 23.7 Å². The van der Waals surface area contributed by atoms with Crippen LogP contribution in [0.5, 0.6) is 0 Å². The van der Waals surface area contributed by atoms with Gasteiger partial charge in [-0.1, -0.05) is 6.92 Å². The van der Waals surface area contributed by atoms with Gasteiger partial charge in [0.15, 0.2) is 0 Å². The summed E-state index contributed by atoms with van der Waals surface area (Å²) in [6, 6.07) is 3.62. The van der Waals surface area contributed by atoms with Crippen molar-refractivity contribution in [3.63, 3.8) is 0 Å². The highest BCUT2D eigenvalue weighted by Gasteiger charge is 2.04. The highest BCUT2D eigenvalue weighted by Crippen LogP contribution is 2.06. The second-order valence-electron chi connectivity index (χ2n) is 3.40. The Morgan fingerprint density at radius 2 is 2.47 bits per heavy atom. The van der Waals surface area contributed by atoms with E-state index < -0.39 is 0 Å². The van der Waals surface area contributed by atoms with Crippen LogP contribution in [-0.2, 0) is 0 Å². The van der Waals surface area contributed by atoms with E-state index in [-0.39, 0.29) is 5.91 Å². The predicted octanol–water partition coefficient (Wildman–Crippen LogP) is 1.47. The van der Waals surface area contributed by atoms with E-state index in [2.05, 4.69) is 10.3 Å². The summed E-state index contributed by atoms with van der Waals surface area (Å²) in [6.07, 6.45) is 6.23. The highest BCUT2D eigenvalue weighted by atomic mass is 16.1. The Kier molecular flexibility index (Phi) is 2.67. The minimum atomic E-state index is -0.0273. The lowest BCUT2D eigenvalue weighted by molar-refractivity contribution is 0.0953. The number of rotatable bonds is 3. The molecule has 0 aliphatic heterocycles. The van der Waals surface area contributed by atoms with E-state index in [0.717, 1.165) is 11.9 Å². The standard InChI is InChI=1S/C11H13N3O/c1-2-4-13-11(15)9-3-5-14-8-12-7-10(14)6-9/h3,5-8H,2,4H2,1H3,(H,13,15). The van der Waals surface area contributed by atoms with E-state index in [9.17, 15) is 4.79 Å². The number of carbonyl (C=O) groups excluding carboxylic acids is 1. The molecule has 2 aromatic rings. The van der Waals surface area contributed by atoms with Crippen LogP contribution >= 0.6 is 0 Å². The first-order chi connectivity index (χ1) is 7.31. The van der Waals surface area contributed by atoms with Crippen LogP contribution in [0.3, 0.4) is 0 Å². The lowest BCUT2D eigenvalue weighted by Crippen LogP contribution is -2.23. The Hall–Kier alpha value is -1.84. The van der Waals surface area contributed by atoms with Crippen molar-refractivity contribution in [2.45, 2.75) is 13.3 Å². The number of aromatic nitrogens is 2. The van der Waals surface area contributed by atoms with Crippen molar-refractivity contribution in [2.75, 3.05) is 6.54 Å². The third-order valence-electron chi connectivity index (χ3n) is 2.21. The van der Waals surface area contributed by atoms with Crippen molar-refractivity contribution in [3.05, 3.63) is 36.4 Å².